The van der Waals surface area contributed by atoms with Crippen molar-refractivity contribution in [2.75, 3.05) is 25.0 Å². The summed E-state index contributed by atoms with van der Waals surface area (Å²) in [6.45, 7) is 1.58. The molecule has 0 spiro atoms. The summed E-state index contributed by atoms with van der Waals surface area (Å²) >= 11 is 5.03. The highest BCUT2D eigenvalue weighted by molar-refractivity contribution is 7.80. The minimum absolute atomic E-state index is 0.0122. The van der Waals surface area contributed by atoms with Crippen LogP contribution in [-0.4, -0.2) is 36.0 Å². The van der Waals surface area contributed by atoms with Gasteiger partial charge in [-0.05, 0) is 25.0 Å². The Kier molecular flexibility index (Phi) is 4.31. The molecule has 102 valence electrons. The number of hydrogen-bond donors (Lipinski definition) is 2. The molecule has 0 aromatic carbocycles. The largest absolute Gasteiger partial charge is 0.388 e. The zero-order valence-corrected chi connectivity index (χ0v) is 11.7. The smallest absolute Gasteiger partial charge is 0.224 e. The number of carbonyl (C=O) groups excluding carboxylic acids is 1. The van der Waals surface area contributed by atoms with Crippen LogP contribution < -0.4 is 16.0 Å². The summed E-state index contributed by atoms with van der Waals surface area (Å²) in [4.78, 5) is 18.4. The minimum atomic E-state index is 0.0122. The van der Waals surface area contributed by atoms with Crippen LogP contribution in [0, 0.1) is 5.92 Å². The Morgan fingerprint density at radius 2 is 2.42 bits per heavy atom. The van der Waals surface area contributed by atoms with Gasteiger partial charge in [-0.25, -0.2) is 0 Å². The van der Waals surface area contributed by atoms with Crippen LogP contribution in [0.3, 0.4) is 0 Å². The normalized spacial score (nSPS) is 19.0. The predicted octanol–water partition coefficient (Wildman–Crippen LogP) is 0.678. The van der Waals surface area contributed by atoms with E-state index in [4.69, 9.17) is 18.0 Å². The highest BCUT2D eigenvalue weighted by Crippen LogP contribution is 2.25. The van der Waals surface area contributed by atoms with E-state index in [0.717, 1.165) is 25.1 Å². The fraction of sp³-hybridized carbons (Fsp3) is 0.462. The number of piperidine rings is 1. The molecule has 0 saturated carbocycles. The monoisotopic (exact) mass is 278 g/mol. The average molecular weight is 278 g/mol. The summed E-state index contributed by atoms with van der Waals surface area (Å²) in [5.74, 6) is 0.101. The first-order valence-corrected chi connectivity index (χ1v) is 6.75. The maximum absolute atomic E-state index is 11.8. The summed E-state index contributed by atoms with van der Waals surface area (Å²) < 4.78 is 0. The molecule has 2 rings (SSSR count). The van der Waals surface area contributed by atoms with Gasteiger partial charge in [-0.1, -0.05) is 12.2 Å². The molecule has 1 saturated heterocycles. The van der Waals surface area contributed by atoms with Crippen molar-refractivity contribution < 1.29 is 4.79 Å². The van der Waals surface area contributed by atoms with Crippen LogP contribution in [0.25, 0.3) is 0 Å². The molecule has 2 heterocycles. The average Bonchev–Trinajstić information content (AvgIpc) is 2.46. The molecular weight excluding hydrogens is 260 g/mol. The summed E-state index contributed by atoms with van der Waals surface area (Å²) in [7, 11) is 1.67. The van der Waals surface area contributed by atoms with E-state index >= 15 is 0 Å². The Hall–Kier alpha value is -1.69. The molecule has 1 amide bonds. The SMILES string of the molecule is CNC(=O)C1CCCN(c2cccnc2C(N)=S)C1. The molecule has 0 radical (unpaired) electrons. The summed E-state index contributed by atoms with van der Waals surface area (Å²) in [6.07, 6.45) is 3.57. The lowest BCUT2D eigenvalue weighted by atomic mass is 9.96. The fourth-order valence-corrected chi connectivity index (χ4v) is 2.61. The summed E-state index contributed by atoms with van der Waals surface area (Å²) in [5.41, 5.74) is 7.26. The standard InChI is InChI=1S/C13H18N4OS/c1-15-13(18)9-4-3-7-17(8-9)10-5-2-6-16-11(10)12(14)19/h2,5-6,9H,3-4,7-8H2,1H3,(H2,14,19)(H,15,18). The number of aromatic nitrogens is 1. The first-order chi connectivity index (χ1) is 9.13. The number of anilines is 1. The molecule has 6 heteroatoms. The molecule has 1 aromatic rings. The summed E-state index contributed by atoms with van der Waals surface area (Å²) in [6, 6.07) is 3.81. The molecule has 0 aliphatic carbocycles. The molecule has 0 bridgehead atoms. The molecule has 1 atom stereocenters. The van der Waals surface area contributed by atoms with Gasteiger partial charge >= 0.3 is 0 Å². The number of amides is 1. The van der Waals surface area contributed by atoms with Gasteiger partial charge in [0.25, 0.3) is 0 Å². The maximum atomic E-state index is 11.8. The van der Waals surface area contributed by atoms with E-state index < -0.39 is 0 Å². The van der Waals surface area contributed by atoms with Crippen molar-refractivity contribution in [3.05, 3.63) is 24.0 Å². The molecule has 1 fully saturated rings. The quantitative estimate of drug-likeness (QED) is 0.796. The lowest BCUT2D eigenvalue weighted by molar-refractivity contribution is -0.124. The van der Waals surface area contributed by atoms with E-state index in [9.17, 15) is 4.79 Å². The molecule has 1 aliphatic rings. The Labute approximate surface area is 118 Å². The Balaban J connectivity index is 2.22. The van der Waals surface area contributed by atoms with Crippen molar-refractivity contribution in [2.24, 2.45) is 11.7 Å². The van der Waals surface area contributed by atoms with Crippen LogP contribution in [0.15, 0.2) is 18.3 Å². The molecule has 19 heavy (non-hydrogen) atoms. The van der Waals surface area contributed by atoms with E-state index in [1.54, 1.807) is 13.2 Å². The minimum Gasteiger partial charge on any atom is -0.388 e. The number of pyridine rings is 1. The Morgan fingerprint density at radius 3 is 3.11 bits per heavy atom. The lowest BCUT2D eigenvalue weighted by Crippen LogP contribution is -2.42. The van der Waals surface area contributed by atoms with E-state index in [0.29, 0.717) is 12.2 Å². The van der Waals surface area contributed by atoms with Crippen LogP contribution in [0.4, 0.5) is 5.69 Å². The van der Waals surface area contributed by atoms with Gasteiger partial charge in [0.2, 0.25) is 5.91 Å². The van der Waals surface area contributed by atoms with E-state index in [-0.39, 0.29) is 16.8 Å². The second kappa shape index (κ2) is 5.97. The number of nitrogens with zero attached hydrogens (tertiary/aromatic N) is 2. The van der Waals surface area contributed by atoms with Crippen molar-refractivity contribution in [1.29, 1.82) is 0 Å². The zero-order valence-electron chi connectivity index (χ0n) is 10.9. The first kappa shape index (κ1) is 13.7. The molecule has 5 nitrogen and oxygen atoms in total. The third kappa shape index (κ3) is 3.01. The van der Waals surface area contributed by atoms with Crippen LogP contribution in [-0.2, 0) is 4.79 Å². The van der Waals surface area contributed by atoms with Gasteiger partial charge < -0.3 is 16.0 Å². The fourth-order valence-electron chi connectivity index (χ4n) is 2.46. The molecule has 3 N–H and O–H groups in total. The van der Waals surface area contributed by atoms with Crippen molar-refractivity contribution >= 4 is 28.8 Å². The van der Waals surface area contributed by atoms with Crippen molar-refractivity contribution in [2.45, 2.75) is 12.8 Å². The van der Waals surface area contributed by atoms with Gasteiger partial charge in [0.15, 0.2) is 0 Å². The van der Waals surface area contributed by atoms with Gasteiger partial charge in [0.05, 0.1) is 11.6 Å². The summed E-state index contributed by atoms with van der Waals surface area (Å²) in [5, 5.41) is 2.71. The number of hydrogen-bond acceptors (Lipinski definition) is 4. The molecular formula is C13H18N4OS. The molecule has 1 unspecified atom stereocenters. The van der Waals surface area contributed by atoms with Gasteiger partial charge in [-0.2, -0.15) is 0 Å². The molecule has 1 aliphatic heterocycles. The third-order valence-corrected chi connectivity index (χ3v) is 3.59. The Morgan fingerprint density at radius 1 is 1.63 bits per heavy atom. The number of nitrogens with one attached hydrogen (secondary N) is 1. The second-order valence-corrected chi connectivity index (χ2v) is 5.07. The van der Waals surface area contributed by atoms with Gasteiger partial charge in [-0.3, -0.25) is 9.78 Å². The van der Waals surface area contributed by atoms with Gasteiger partial charge in [0.1, 0.15) is 10.7 Å². The highest BCUT2D eigenvalue weighted by atomic mass is 32.1. The van der Waals surface area contributed by atoms with Crippen molar-refractivity contribution in [1.82, 2.24) is 10.3 Å². The number of nitrogens with two attached hydrogens (primary N) is 1. The maximum Gasteiger partial charge on any atom is 0.224 e. The van der Waals surface area contributed by atoms with E-state index in [2.05, 4.69) is 15.2 Å². The Bertz CT molecular complexity index is 491. The van der Waals surface area contributed by atoms with Crippen LogP contribution in [0.1, 0.15) is 18.5 Å². The van der Waals surface area contributed by atoms with Crippen LogP contribution in [0.2, 0.25) is 0 Å². The third-order valence-electron chi connectivity index (χ3n) is 3.40. The van der Waals surface area contributed by atoms with Crippen molar-refractivity contribution in [3.8, 4) is 0 Å². The predicted molar refractivity (Wildman–Crippen MR) is 79.1 cm³/mol. The highest BCUT2D eigenvalue weighted by Gasteiger charge is 2.26. The topological polar surface area (TPSA) is 71.2 Å². The van der Waals surface area contributed by atoms with E-state index in [1.807, 2.05) is 12.1 Å². The van der Waals surface area contributed by atoms with Crippen LogP contribution in [0.5, 0.6) is 0 Å². The number of rotatable bonds is 3. The van der Waals surface area contributed by atoms with Crippen LogP contribution >= 0.6 is 12.2 Å². The lowest BCUT2D eigenvalue weighted by Gasteiger charge is -2.34. The van der Waals surface area contributed by atoms with Gasteiger partial charge in [0, 0.05) is 26.3 Å². The van der Waals surface area contributed by atoms with Crippen molar-refractivity contribution in [3.63, 3.8) is 0 Å². The second-order valence-electron chi connectivity index (χ2n) is 4.63. The van der Waals surface area contributed by atoms with Gasteiger partial charge in [-0.15, -0.1) is 0 Å². The first-order valence-electron chi connectivity index (χ1n) is 6.35. The zero-order chi connectivity index (χ0) is 13.8. The van der Waals surface area contributed by atoms with E-state index in [1.165, 1.54) is 0 Å². The number of thiocarbonyl (C=S) groups is 1. The molecule has 1 aromatic heterocycles. The number of carbonyl (C=O) groups is 1.